The van der Waals surface area contributed by atoms with Gasteiger partial charge >= 0.3 is 0 Å². The van der Waals surface area contributed by atoms with Crippen LogP contribution in [-0.2, 0) is 9.47 Å². The zero-order valence-electron chi connectivity index (χ0n) is 6.49. The molecule has 0 spiro atoms. The lowest BCUT2D eigenvalue weighted by molar-refractivity contribution is -0.148. The molecule has 2 aliphatic rings. The van der Waals surface area contributed by atoms with Crippen molar-refractivity contribution in [3.63, 3.8) is 0 Å². The first kappa shape index (κ1) is 7.28. The maximum atomic E-state index is 9.31. The molecule has 3 atom stereocenters. The topological polar surface area (TPSA) is 38.7 Å². The Morgan fingerprint density at radius 1 is 1.73 bits per heavy atom. The molecule has 2 rings (SSSR count). The van der Waals surface area contributed by atoms with E-state index >= 15 is 0 Å². The van der Waals surface area contributed by atoms with Gasteiger partial charge < -0.3 is 14.6 Å². The summed E-state index contributed by atoms with van der Waals surface area (Å²) in [6, 6.07) is 0. The second-order valence-corrected chi connectivity index (χ2v) is 2.98. The van der Waals surface area contributed by atoms with Crippen molar-refractivity contribution in [2.75, 3.05) is 6.61 Å². The van der Waals surface area contributed by atoms with Crippen LogP contribution in [0.4, 0.5) is 0 Å². The fourth-order valence-corrected chi connectivity index (χ4v) is 1.48. The molecule has 3 heteroatoms. The lowest BCUT2D eigenvalue weighted by Crippen LogP contribution is -2.36. The Balaban J connectivity index is 2.23. The predicted molar refractivity (Wildman–Crippen MR) is 39.0 cm³/mol. The number of aliphatic hydroxyl groups excluding tert-OH is 1. The van der Waals surface area contributed by atoms with Crippen molar-refractivity contribution in [2.24, 2.45) is 0 Å². The smallest absolute Gasteiger partial charge is 0.188 e. The fraction of sp³-hybridized carbons (Fsp3) is 0.750. The van der Waals surface area contributed by atoms with Crippen LogP contribution in [0.3, 0.4) is 0 Å². The summed E-state index contributed by atoms with van der Waals surface area (Å²) in [5.41, 5.74) is 0. The lowest BCUT2D eigenvalue weighted by Gasteiger charge is -2.27. The monoisotopic (exact) mass is 156 g/mol. The van der Waals surface area contributed by atoms with E-state index < -0.39 is 11.9 Å². The Kier molecular flexibility index (Phi) is 1.52. The van der Waals surface area contributed by atoms with Crippen LogP contribution in [0.5, 0.6) is 0 Å². The summed E-state index contributed by atoms with van der Waals surface area (Å²) in [7, 11) is 0. The third-order valence-corrected chi connectivity index (χ3v) is 2.26. The summed E-state index contributed by atoms with van der Waals surface area (Å²) in [5.74, 6) is -0.524. The van der Waals surface area contributed by atoms with Crippen LogP contribution >= 0.6 is 0 Å². The van der Waals surface area contributed by atoms with Crippen molar-refractivity contribution in [3.05, 3.63) is 12.2 Å². The molecule has 2 heterocycles. The van der Waals surface area contributed by atoms with Gasteiger partial charge in [-0.3, -0.25) is 0 Å². The largest absolute Gasteiger partial charge is 0.386 e. The third-order valence-electron chi connectivity index (χ3n) is 2.26. The molecule has 0 aromatic heterocycles. The molecular formula is C8H12O3. The van der Waals surface area contributed by atoms with E-state index in [0.29, 0.717) is 6.61 Å². The van der Waals surface area contributed by atoms with Crippen LogP contribution in [0.1, 0.15) is 13.3 Å². The van der Waals surface area contributed by atoms with Crippen molar-refractivity contribution < 1.29 is 14.6 Å². The van der Waals surface area contributed by atoms with Gasteiger partial charge in [0.25, 0.3) is 0 Å². The van der Waals surface area contributed by atoms with Gasteiger partial charge in [-0.1, -0.05) is 13.0 Å². The zero-order chi connectivity index (χ0) is 7.90. The number of hydrogen-bond donors (Lipinski definition) is 1. The summed E-state index contributed by atoms with van der Waals surface area (Å²) >= 11 is 0. The van der Waals surface area contributed by atoms with E-state index in [1.807, 2.05) is 6.92 Å². The molecule has 1 saturated heterocycles. The van der Waals surface area contributed by atoms with Gasteiger partial charge in [-0.2, -0.15) is 0 Å². The maximum absolute atomic E-state index is 9.31. The van der Waals surface area contributed by atoms with Gasteiger partial charge in [-0.25, -0.2) is 0 Å². The number of ether oxygens (including phenoxy) is 2. The number of rotatable bonds is 1. The molecule has 1 fully saturated rings. The second-order valence-electron chi connectivity index (χ2n) is 2.98. The zero-order valence-corrected chi connectivity index (χ0v) is 6.49. The van der Waals surface area contributed by atoms with Gasteiger partial charge in [-0.15, -0.1) is 0 Å². The van der Waals surface area contributed by atoms with Crippen LogP contribution in [0.15, 0.2) is 12.2 Å². The third kappa shape index (κ3) is 1.00. The van der Waals surface area contributed by atoms with E-state index in [9.17, 15) is 5.11 Å². The van der Waals surface area contributed by atoms with Crippen LogP contribution in [0, 0.1) is 0 Å². The minimum atomic E-state index is -0.524. The van der Waals surface area contributed by atoms with Crippen LogP contribution in [-0.4, -0.2) is 29.7 Å². The van der Waals surface area contributed by atoms with E-state index in [1.165, 1.54) is 0 Å². The number of aliphatic hydroxyl groups is 1. The van der Waals surface area contributed by atoms with Crippen LogP contribution < -0.4 is 0 Å². The molecule has 0 aliphatic carbocycles. The number of hydrogen-bond acceptors (Lipinski definition) is 3. The van der Waals surface area contributed by atoms with Crippen LogP contribution in [0.2, 0.25) is 0 Å². The highest BCUT2D eigenvalue weighted by Crippen LogP contribution is 2.33. The van der Waals surface area contributed by atoms with Crippen molar-refractivity contribution >= 4 is 0 Å². The van der Waals surface area contributed by atoms with Crippen molar-refractivity contribution in [2.45, 2.75) is 31.3 Å². The van der Waals surface area contributed by atoms with E-state index in [1.54, 1.807) is 12.2 Å². The molecule has 0 radical (unpaired) electrons. The molecule has 0 aromatic carbocycles. The van der Waals surface area contributed by atoms with Gasteiger partial charge in [-0.05, 0) is 6.08 Å². The quantitative estimate of drug-likeness (QED) is 0.560. The summed E-state index contributed by atoms with van der Waals surface area (Å²) in [6.07, 6.45) is 3.72. The first-order chi connectivity index (χ1) is 5.26. The van der Waals surface area contributed by atoms with Gasteiger partial charge in [0.15, 0.2) is 5.79 Å². The summed E-state index contributed by atoms with van der Waals surface area (Å²) in [4.78, 5) is 0. The second kappa shape index (κ2) is 2.30. The van der Waals surface area contributed by atoms with E-state index in [0.717, 1.165) is 6.42 Å². The Morgan fingerprint density at radius 2 is 2.55 bits per heavy atom. The SMILES string of the molecule is CCC12C=CC(O)C(CO1)O2. The van der Waals surface area contributed by atoms with E-state index in [4.69, 9.17) is 9.47 Å². The Bertz CT molecular complexity index is 190. The summed E-state index contributed by atoms with van der Waals surface area (Å²) < 4.78 is 10.9. The lowest BCUT2D eigenvalue weighted by atomic mass is 10.1. The number of fused-ring (bicyclic) bond motifs is 2. The van der Waals surface area contributed by atoms with E-state index in [2.05, 4.69) is 0 Å². The molecule has 11 heavy (non-hydrogen) atoms. The fourth-order valence-electron chi connectivity index (χ4n) is 1.48. The molecule has 2 bridgehead atoms. The maximum Gasteiger partial charge on any atom is 0.188 e. The summed E-state index contributed by atoms with van der Waals surface area (Å²) in [5, 5.41) is 9.31. The van der Waals surface area contributed by atoms with Crippen LogP contribution in [0.25, 0.3) is 0 Å². The molecule has 0 amide bonds. The van der Waals surface area contributed by atoms with Crippen molar-refractivity contribution in [1.82, 2.24) is 0 Å². The Hall–Kier alpha value is -0.380. The molecule has 0 saturated carbocycles. The summed E-state index contributed by atoms with van der Waals surface area (Å²) in [6.45, 7) is 2.51. The molecule has 3 unspecified atom stereocenters. The molecule has 62 valence electrons. The van der Waals surface area contributed by atoms with Gasteiger partial charge in [0.05, 0.1) is 6.61 Å². The van der Waals surface area contributed by atoms with Crippen molar-refractivity contribution in [3.8, 4) is 0 Å². The highest BCUT2D eigenvalue weighted by molar-refractivity contribution is 5.09. The van der Waals surface area contributed by atoms with Gasteiger partial charge in [0.2, 0.25) is 0 Å². The molecule has 1 N–H and O–H groups in total. The standard InChI is InChI=1S/C8H12O3/c1-2-8-4-3-6(9)7(11-8)5-10-8/h3-4,6-7,9H,2,5H2,1H3. The average Bonchev–Trinajstić information content (AvgIpc) is 2.40. The molecule has 0 aromatic rings. The Morgan fingerprint density at radius 3 is 3.27 bits per heavy atom. The highest BCUT2D eigenvalue weighted by atomic mass is 16.7. The van der Waals surface area contributed by atoms with Crippen molar-refractivity contribution in [1.29, 1.82) is 0 Å². The minimum Gasteiger partial charge on any atom is -0.386 e. The van der Waals surface area contributed by atoms with Gasteiger partial charge in [0.1, 0.15) is 12.2 Å². The average molecular weight is 156 g/mol. The molecule has 2 aliphatic heterocycles. The first-order valence-corrected chi connectivity index (χ1v) is 3.95. The molecule has 3 nitrogen and oxygen atoms in total. The minimum absolute atomic E-state index is 0.153. The normalized spacial score (nSPS) is 48.2. The van der Waals surface area contributed by atoms with Gasteiger partial charge in [0, 0.05) is 6.42 Å². The Labute approximate surface area is 65.6 Å². The first-order valence-electron chi connectivity index (χ1n) is 3.95. The highest BCUT2D eigenvalue weighted by Gasteiger charge is 2.43. The predicted octanol–water partition coefficient (Wildman–Crippen LogP) is 0.439. The van der Waals surface area contributed by atoms with E-state index in [-0.39, 0.29) is 6.10 Å². The molecular weight excluding hydrogens is 144 g/mol.